The van der Waals surface area contributed by atoms with Gasteiger partial charge in [-0.25, -0.2) is 23.2 Å². The summed E-state index contributed by atoms with van der Waals surface area (Å²) in [5.74, 6) is -2.77. The number of carboxylic acid groups (broad SMARTS) is 1. The van der Waals surface area contributed by atoms with Crippen LogP contribution in [0.2, 0.25) is 0 Å². The van der Waals surface area contributed by atoms with E-state index in [4.69, 9.17) is 4.74 Å². The molecule has 0 heterocycles. The molecule has 0 fully saturated rings. The van der Waals surface area contributed by atoms with Crippen molar-refractivity contribution in [2.24, 2.45) is 0 Å². The highest BCUT2D eigenvalue weighted by Crippen LogP contribution is 2.35. The average molecular weight is 469 g/mol. The normalized spacial score (nSPS) is 10.5. The van der Waals surface area contributed by atoms with Crippen LogP contribution in [0, 0.1) is 11.6 Å². The number of carbonyl (C=O) groups is 3. The molecule has 8 nitrogen and oxygen atoms in total. The molecule has 0 saturated carbocycles. The maximum Gasteiger partial charge on any atom is 0.335 e. The van der Waals surface area contributed by atoms with E-state index in [0.717, 1.165) is 23.1 Å². The van der Waals surface area contributed by atoms with E-state index in [2.05, 4.69) is 0 Å². The fourth-order valence-corrected chi connectivity index (χ4v) is 3.08. The van der Waals surface area contributed by atoms with Crippen LogP contribution in [0.1, 0.15) is 24.2 Å². The minimum atomic E-state index is -1.20. The molecular formula is C24H21F2N3O5. The molecule has 176 valence electrons. The first-order valence-corrected chi connectivity index (χ1v) is 10.1. The van der Waals surface area contributed by atoms with Gasteiger partial charge in [-0.05, 0) is 56.3 Å². The summed E-state index contributed by atoms with van der Waals surface area (Å²) in [6.07, 6.45) is 0. The van der Waals surface area contributed by atoms with Gasteiger partial charge in [-0.1, -0.05) is 24.3 Å². The number of hydrogen-bond acceptors (Lipinski definition) is 4. The lowest BCUT2D eigenvalue weighted by Gasteiger charge is -2.28. The van der Waals surface area contributed by atoms with Crippen molar-refractivity contribution in [3.05, 3.63) is 83.9 Å². The van der Waals surface area contributed by atoms with E-state index < -0.39 is 41.4 Å². The van der Waals surface area contributed by atoms with Gasteiger partial charge in [-0.2, -0.15) is 0 Å². The Morgan fingerprint density at radius 1 is 0.941 bits per heavy atom. The highest BCUT2D eigenvalue weighted by Gasteiger charge is 2.26. The van der Waals surface area contributed by atoms with Gasteiger partial charge in [0.05, 0.1) is 11.3 Å². The number of rotatable bonds is 6. The first-order chi connectivity index (χ1) is 16.2. The number of anilines is 2. The SMILES string of the molecule is CC(C)N(C(=O)NC(=O)Nc1c(F)cccc1F)c1ccc(C(=O)O)cc1Oc1ccccc1. The zero-order valence-corrected chi connectivity index (χ0v) is 18.2. The fourth-order valence-electron chi connectivity index (χ4n) is 3.08. The molecule has 0 saturated heterocycles. The Labute approximate surface area is 193 Å². The second-order valence-electron chi connectivity index (χ2n) is 7.35. The number of carbonyl (C=O) groups excluding carboxylic acids is 2. The molecule has 0 atom stereocenters. The quantitative estimate of drug-likeness (QED) is 0.435. The first kappa shape index (κ1) is 24.2. The van der Waals surface area contributed by atoms with Crippen LogP contribution in [0.5, 0.6) is 11.5 Å². The van der Waals surface area contributed by atoms with Gasteiger partial charge in [0, 0.05) is 6.04 Å². The molecule has 10 heteroatoms. The summed E-state index contributed by atoms with van der Waals surface area (Å²) in [7, 11) is 0. The van der Waals surface area contributed by atoms with Crippen LogP contribution >= 0.6 is 0 Å². The predicted molar refractivity (Wildman–Crippen MR) is 121 cm³/mol. The fraction of sp³-hybridized carbons (Fsp3) is 0.125. The van der Waals surface area contributed by atoms with Crippen molar-refractivity contribution in [1.82, 2.24) is 5.32 Å². The number of amides is 4. The second kappa shape index (κ2) is 10.4. The third kappa shape index (κ3) is 5.66. The number of benzene rings is 3. The molecule has 3 aromatic carbocycles. The van der Waals surface area contributed by atoms with Crippen molar-refractivity contribution in [2.75, 3.05) is 10.2 Å². The largest absolute Gasteiger partial charge is 0.478 e. The summed E-state index contributed by atoms with van der Waals surface area (Å²) in [6.45, 7) is 3.32. The van der Waals surface area contributed by atoms with Gasteiger partial charge in [0.25, 0.3) is 0 Å². The number of imide groups is 1. The summed E-state index contributed by atoms with van der Waals surface area (Å²) < 4.78 is 33.5. The van der Waals surface area contributed by atoms with Crippen molar-refractivity contribution in [3.63, 3.8) is 0 Å². The van der Waals surface area contributed by atoms with Gasteiger partial charge in [-0.15, -0.1) is 0 Å². The molecule has 3 rings (SSSR count). The molecule has 4 amide bonds. The van der Waals surface area contributed by atoms with Gasteiger partial charge in [-0.3, -0.25) is 10.2 Å². The highest BCUT2D eigenvalue weighted by molar-refractivity contribution is 6.07. The van der Waals surface area contributed by atoms with Gasteiger partial charge in [0.15, 0.2) is 5.75 Å². The Bertz CT molecular complexity index is 1200. The maximum absolute atomic E-state index is 13.8. The number of para-hydroxylation sites is 2. The number of aromatic carboxylic acids is 1. The molecule has 0 spiro atoms. The van der Waals surface area contributed by atoms with E-state index in [-0.39, 0.29) is 17.0 Å². The van der Waals surface area contributed by atoms with Crippen molar-refractivity contribution in [2.45, 2.75) is 19.9 Å². The predicted octanol–water partition coefficient (Wildman–Crippen LogP) is 5.61. The number of carboxylic acids is 1. The second-order valence-corrected chi connectivity index (χ2v) is 7.35. The molecule has 0 aliphatic heterocycles. The Balaban J connectivity index is 1.90. The van der Waals surface area contributed by atoms with Crippen molar-refractivity contribution in [3.8, 4) is 11.5 Å². The van der Waals surface area contributed by atoms with Gasteiger partial charge < -0.3 is 15.2 Å². The standard InChI is InChI=1S/C24H21F2N3O5/c1-14(2)29(24(33)28-23(32)27-21-17(25)9-6-10-18(21)26)19-12-11-15(22(30)31)13-20(19)34-16-7-4-3-5-8-16/h3-14H,1-2H3,(H,30,31)(H2,27,28,32,33). The Morgan fingerprint density at radius 2 is 1.59 bits per heavy atom. The van der Waals surface area contributed by atoms with Gasteiger partial charge in [0.1, 0.15) is 23.1 Å². The topological polar surface area (TPSA) is 108 Å². The third-order valence-corrected chi connectivity index (χ3v) is 4.59. The van der Waals surface area contributed by atoms with Crippen LogP contribution in [0.3, 0.4) is 0 Å². The van der Waals surface area contributed by atoms with E-state index >= 15 is 0 Å². The Morgan fingerprint density at radius 3 is 2.18 bits per heavy atom. The molecule has 0 aliphatic carbocycles. The van der Waals surface area contributed by atoms with Crippen molar-refractivity contribution < 1.29 is 33.0 Å². The minimum Gasteiger partial charge on any atom is -0.478 e. The zero-order valence-electron chi connectivity index (χ0n) is 18.2. The molecule has 34 heavy (non-hydrogen) atoms. The van der Waals surface area contributed by atoms with Crippen LogP contribution in [0.25, 0.3) is 0 Å². The van der Waals surface area contributed by atoms with Gasteiger partial charge >= 0.3 is 18.0 Å². The summed E-state index contributed by atoms with van der Waals surface area (Å²) >= 11 is 0. The summed E-state index contributed by atoms with van der Waals surface area (Å²) in [6, 6.07) is 12.8. The summed E-state index contributed by atoms with van der Waals surface area (Å²) in [5.41, 5.74) is -0.611. The number of nitrogens with one attached hydrogen (secondary N) is 2. The van der Waals surface area contributed by atoms with Crippen LogP contribution < -0.4 is 20.3 Å². The van der Waals surface area contributed by atoms with Crippen LogP contribution in [-0.2, 0) is 0 Å². The Hall–Kier alpha value is -4.47. The lowest BCUT2D eigenvalue weighted by atomic mass is 10.1. The number of hydrogen-bond donors (Lipinski definition) is 3. The molecule has 0 bridgehead atoms. The summed E-state index contributed by atoms with van der Waals surface area (Å²) in [5, 5.41) is 13.4. The Kier molecular flexibility index (Phi) is 7.42. The van der Waals surface area contributed by atoms with Gasteiger partial charge in [0.2, 0.25) is 0 Å². The van der Waals surface area contributed by atoms with Crippen LogP contribution in [0.15, 0.2) is 66.7 Å². The molecule has 3 N–H and O–H groups in total. The minimum absolute atomic E-state index is 0.0514. The van der Waals surface area contributed by atoms with E-state index in [0.29, 0.717) is 5.75 Å². The van der Waals surface area contributed by atoms with Crippen LogP contribution in [-0.4, -0.2) is 29.2 Å². The molecule has 0 aliphatic rings. The smallest absolute Gasteiger partial charge is 0.335 e. The maximum atomic E-state index is 13.8. The number of ether oxygens (including phenoxy) is 1. The van der Waals surface area contributed by atoms with E-state index in [1.807, 2.05) is 10.6 Å². The highest BCUT2D eigenvalue weighted by atomic mass is 19.1. The molecule has 3 aromatic rings. The zero-order chi connectivity index (χ0) is 24.8. The van der Waals surface area contributed by atoms with E-state index in [1.165, 1.54) is 18.2 Å². The van der Waals surface area contributed by atoms with Crippen molar-refractivity contribution in [1.29, 1.82) is 0 Å². The lowest BCUT2D eigenvalue weighted by molar-refractivity contribution is 0.0696. The molecule has 0 aromatic heterocycles. The van der Waals surface area contributed by atoms with Crippen molar-refractivity contribution >= 4 is 29.4 Å². The van der Waals surface area contributed by atoms with E-state index in [1.54, 1.807) is 44.2 Å². The van der Waals surface area contributed by atoms with E-state index in [9.17, 15) is 28.3 Å². The number of urea groups is 2. The monoisotopic (exact) mass is 469 g/mol. The number of halogens is 2. The molecule has 0 radical (unpaired) electrons. The molecular weight excluding hydrogens is 448 g/mol. The lowest BCUT2D eigenvalue weighted by Crippen LogP contribution is -2.48. The third-order valence-electron chi connectivity index (χ3n) is 4.59. The first-order valence-electron chi connectivity index (χ1n) is 10.1. The van der Waals surface area contributed by atoms with Crippen LogP contribution in [0.4, 0.5) is 29.7 Å². The number of nitrogens with zero attached hydrogens (tertiary/aromatic N) is 1. The summed E-state index contributed by atoms with van der Waals surface area (Å²) in [4.78, 5) is 37.9. The molecule has 0 unspecified atom stereocenters. The average Bonchev–Trinajstić information content (AvgIpc) is 2.78.